The largest absolute Gasteiger partial charge is 0.354 e. The molecule has 94 valence electrons. The van der Waals surface area contributed by atoms with Gasteiger partial charge in [0.25, 0.3) is 0 Å². The van der Waals surface area contributed by atoms with Gasteiger partial charge in [0, 0.05) is 38.4 Å². The number of hydrogen-bond donors (Lipinski definition) is 1. The highest BCUT2D eigenvalue weighted by molar-refractivity contribution is 5.37. The lowest BCUT2D eigenvalue weighted by atomic mass is 10.0. The van der Waals surface area contributed by atoms with Gasteiger partial charge in [-0.2, -0.15) is 5.10 Å². The van der Waals surface area contributed by atoms with Gasteiger partial charge in [-0.05, 0) is 32.0 Å². The van der Waals surface area contributed by atoms with Crippen molar-refractivity contribution in [3.8, 4) is 0 Å². The molecular formula is C12H21N5. The normalized spacial score (nSPS) is 20.9. The third-order valence-electron chi connectivity index (χ3n) is 3.38. The molecule has 1 saturated heterocycles. The molecule has 0 aromatic carbocycles. The molecule has 0 aliphatic carbocycles. The molecule has 1 aliphatic rings. The van der Waals surface area contributed by atoms with E-state index >= 15 is 0 Å². The molecule has 1 unspecified atom stereocenters. The number of piperidine rings is 1. The summed E-state index contributed by atoms with van der Waals surface area (Å²) in [6, 6.07) is 4.54. The summed E-state index contributed by atoms with van der Waals surface area (Å²) in [5.74, 6) is 0.985. The third kappa shape index (κ3) is 3.14. The molecule has 0 spiro atoms. The Kier molecular flexibility index (Phi) is 4.28. The second-order valence-corrected chi connectivity index (χ2v) is 4.59. The van der Waals surface area contributed by atoms with Crippen LogP contribution in [-0.2, 0) is 0 Å². The lowest BCUT2D eigenvalue weighted by Crippen LogP contribution is -2.48. The van der Waals surface area contributed by atoms with Gasteiger partial charge >= 0.3 is 0 Å². The van der Waals surface area contributed by atoms with Crippen LogP contribution in [0.4, 0.5) is 5.82 Å². The van der Waals surface area contributed by atoms with Crippen LogP contribution in [0.3, 0.4) is 0 Å². The summed E-state index contributed by atoms with van der Waals surface area (Å²) in [6.07, 6.45) is 4.16. The number of anilines is 1. The average molecular weight is 235 g/mol. The van der Waals surface area contributed by atoms with Gasteiger partial charge in [-0.3, -0.25) is 0 Å². The first-order valence-corrected chi connectivity index (χ1v) is 6.24. The van der Waals surface area contributed by atoms with E-state index in [9.17, 15) is 0 Å². The topological polar surface area (TPSA) is 58.3 Å². The number of nitrogens with two attached hydrogens (primary N) is 1. The first-order chi connectivity index (χ1) is 8.31. The fraction of sp³-hybridized carbons (Fsp3) is 0.667. The highest BCUT2D eigenvalue weighted by Crippen LogP contribution is 2.19. The molecule has 1 aliphatic heterocycles. The number of likely N-dealkylation sites (N-methyl/N-ethyl adjacent to an activating group) is 1. The Morgan fingerprint density at radius 1 is 1.59 bits per heavy atom. The van der Waals surface area contributed by atoms with E-state index in [1.54, 1.807) is 6.20 Å². The van der Waals surface area contributed by atoms with E-state index in [0.29, 0.717) is 6.04 Å². The first kappa shape index (κ1) is 12.3. The molecule has 2 rings (SSSR count). The Bertz CT molecular complexity index is 329. The van der Waals surface area contributed by atoms with Crippen molar-refractivity contribution < 1.29 is 0 Å². The van der Waals surface area contributed by atoms with Crippen molar-refractivity contribution in [1.82, 2.24) is 15.1 Å². The molecule has 0 saturated carbocycles. The standard InChI is InChI=1S/C12H21N5/c1-16(9-6-13)11-4-3-8-17(10-11)12-5-2-7-14-15-12/h2,5,7,11H,3-4,6,8-10,13H2,1H3. The maximum Gasteiger partial charge on any atom is 0.151 e. The summed E-state index contributed by atoms with van der Waals surface area (Å²) >= 11 is 0. The van der Waals surface area contributed by atoms with Gasteiger partial charge < -0.3 is 15.5 Å². The maximum absolute atomic E-state index is 5.60. The second kappa shape index (κ2) is 5.93. The van der Waals surface area contributed by atoms with Crippen LogP contribution in [0, 0.1) is 0 Å². The van der Waals surface area contributed by atoms with E-state index in [2.05, 4.69) is 27.0 Å². The molecule has 1 atom stereocenters. The molecule has 0 bridgehead atoms. The Morgan fingerprint density at radius 3 is 3.18 bits per heavy atom. The van der Waals surface area contributed by atoms with Gasteiger partial charge in [-0.15, -0.1) is 5.10 Å². The molecule has 1 fully saturated rings. The van der Waals surface area contributed by atoms with Crippen molar-refractivity contribution >= 4 is 5.82 Å². The Labute approximate surface area is 103 Å². The lowest BCUT2D eigenvalue weighted by Gasteiger charge is -2.37. The lowest BCUT2D eigenvalue weighted by molar-refractivity contribution is 0.220. The van der Waals surface area contributed by atoms with Crippen LogP contribution in [-0.4, -0.2) is 54.4 Å². The summed E-state index contributed by atoms with van der Waals surface area (Å²) in [5, 5.41) is 8.12. The van der Waals surface area contributed by atoms with Crippen LogP contribution in [0.1, 0.15) is 12.8 Å². The molecule has 2 heterocycles. The molecule has 17 heavy (non-hydrogen) atoms. The molecule has 0 radical (unpaired) electrons. The Hall–Kier alpha value is -1.20. The van der Waals surface area contributed by atoms with Gasteiger partial charge in [0.1, 0.15) is 0 Å². The average Bonchev–Trinajstić information content (AvgIpc) is 2.40. The minimum atomic E-state index is 0.578. The van der Waals surface area contributed by atoms with Gasteiger partial charge in [-0.25, -0.2) is 0 Å². The zero-order valence-electron chi connectivity index (χ0n) is 10.4. The smallest absolute Gasteiger partial charge is 0.151 e. The van der Waals surface area contributed by atoms with Gasteiger partial charge in [0.15, 0.2) is 5.82 Å². The van der Waals surface area contributed by atoms with Crippen molar-refractivity contribution in [2.45, 2.75) is 18.9 Å². The van der Waals surface area contributed by atoms with Crippen LogP contribution >= 0.6 is 0 Å². The zero-order valence-corrected chi connectivity index (χ0v) is 10.4. The summed E-state index contributed by atoms with van der Waals surface area (Å²) in [4.78, 5) is 4.66. The molecular weight excluding hydrogens is 214 g/mol. The van der Waals surface area contributed by atoms with E-state index < -0.39 is 0 Å². The second-order valence-electron chi connectivity index (χ2n) is 4.59. The van der Waals surface area contributed by atoms with Gasteiger partial charge in [0.05, 0.1) is 0 Å². The predicted molar refractivity (Wildman–Crippen MR) is 69.0 cm³/mol. The van der Waals surface area contributed by atoms with Crippen molar-refractivity contribution in [2.24, 2.45) is 5.73 Å². The molecule has 5 nitrogen and oxygen atoms in total. The molecule has 5 heteroatoms. The SMILES string of the molecule is CN(CCN)C1CCCN(c2cccnn2)C1. The van der Waals surface area contributed by atoms with E-state index in [-0.39, 0.29) is 0 Å². The van der Waals surface area contributed by atoms with Crippen LogP contribution in [0.5, 0.6) is 0 Å². The van der Waals surface area contributed by atoms with Gasteiger partial charge in [-0.1, -0.05) is 0 Å². The molecule has 1 aromatic heterocycles. The van der Waals surface area contributed by atoms with Crippen molar-refractivity contribution in [3.05, 3.63) is 18.3 Å². The summed E-state index contributed by atoms with van der Waals surface area (Å²) < 4.78 is 0. The predicted octanol–water partition coefficient (Wildman–Crippen LogP) is 0.336. The zero-order chi connectivity index (χ0) is 12.1. The van der Waals surface area contributed by atoms with E-state index in [4.69, 9.17) is 5.73 Å². The number of hydrogen-bond acceptors (Lipinski definition) is 5. The highest BCUT2D eigenvalue weighted by Gasteiger charge is 2.23. The Balaban J connectivity index is 1.97. The van der Waals surface area contributed by atoms with Crippen LogP contribution in [0.25, 0.3) is 0 Å². The summed E-state index contributed by atoms with van der Waals surface area (Å²) in [7, 11) is 2.15. The number of rotatable bonds is 4. The Morgan fingerprint density at radius 2 is 2.47 bits per heavy atom. The fourth-order valence-electron chi connectivity index (χ4n) is 2.37. The van der Waals surface area contributed by atoms with Crippen LogP contribution < -0.4 is 10.6 Å². The number of nitrogens with zero attached hydrogens (tertiary/aromatic N) is 4. The highest BCUT2D eigenvalue weighted by atomic mass is 15.3. The third-order valence-corrected chi connectivity index (χ3v) is 3.38. The van der Waals surface area contributed by atoms with E-state index in [1.165, 1.54) is 12.8 Å². The first-order valence-electron chi connectivity index (χ1n) is 6.24. The maximum atomic E-state index is 5.60. The van der Waals surface area contributed by atoms with Crippen LogP contribution in [0.2, 0.25) is 0 Å². The summed E-state index contributed by atoms with van der Waals surface area (Å²) in [5.41, 5.74) is 5.60. The van der Waals surface area contributed by atoms with E-state index in [1.807, 2.05) is 12.1 Å². The molecule has 0 amide bonds. The van der Waals surface area contributed by atoms with Gasteiger partial charge in [0.2, 0.25) is 0 Å². The molecule has 2 N–H and O–H groups in total. The van der Waals surface area contributed by atoms with Crippen molar-refractivity contribution in [3.63, 3.8) is 0 Å². The summed E-state index contributed by atoms with van der Waals surface area (Å²) in [6.45, 7) is 3.78. The van der Waals surface area contributed by atoms with Crippen LogP contribution in [0.15, 0.2) is 18.3 Å². The minimum Gasteiger partial charge on any atom is -0.354 e. The monoisotopic (exact) mass is 235 g/mol. The van der Waals surface area contributed by atoms with E-state index in [0.717, 1.165) is 32.0 Å². The number of aromatic nitrogens is 2. The van der Waals surface area contributed by atoms with Crippen molar-refractivity contribution in [2.75, 3.05) is 38.1 Å². The fourth-order valence-corrected chi connectivity index (χ4v) is 2.37. The van der Waals surface area contributed by atoms with Crippen molar-refractivity contribution in [1.29, 1.82) is 0 Å². The molecule has 1 aromatic rings. The quantitative estimate of drug-likeness (QED) is 0.815. The minimum absolute atomic E-state index is 0.578.